The Morgan fingerprint density at radius 2 is 2.00 bits per heavy atom. The molecule has 0 radical (unpaired) electrons. The van der Waals surface area contributed by atoms with Crippen molar-refractivity contribution in [3.8, 4) is 5.75 Å². The molecule has 0 aliphatic rings. The summed E-state index contributed by atoms with van der Waals surface area (Å²) in [5.74, 6) is -0.154. The largest absolute Gasteiger partial charge is 0.490 e. The molecule has 0 aliphatic heterocycles. The van der Waals surface area contributed by atoms with Crippen LogP contribution in [0.1, 0.15) is 5.56 Å². The van der Waals surface area contributed by atoms with Crippen LogP contribution >= 0.6 is 0 Å². The number of hydrazone groups is 1. The van der Waals surface area contributed by atoms with Gasteiger partial charge in [0.05, 0.1) is 23.9 Å². The highest BCUT2D eigenvalue weighted by Gasteiger charge is 2.14. The normalized spacial score (nSPS) is 10.6. The van der Waals surface area contributed by atoms with Crippen LogP contribution in [-0.2, 0) is 0 Å². The van der Waals surface area contributed by atoms with Crippen molar-refractivity contribution >= 4 is 17.6 Å². The van der Waals surface area contributed by atoms with Crippen molar-refractivity contribution in [3.63, 3.8) is 0 Å². The van der Waals surface area contributed by atoms with Crippen LogP contribution in [0, 0.1) is 15.9 Å². The molecule has 0 amide bonds. The standard InChI is InChI=1S/C14H12FN3O3/c1-21-14-7-2-10(8-13(14)18(19)20)9-16-17-12-5-3-11(15)4-6-12/h2-9,17H,1H3/b16-9+. The molecule has 1 N–H and O–H groups in total. The number of anilines is 1. The Balaban J connectivity index is 2.12. The van der Waals surface area contributed by atoms with Crippen molar-refractivity contribution in [2.75, 3.05) is 12.5 Å². The number of nitrogens with zero attached hydrogens (tertiary/aromatic N) is 2. The quantitative estimate of drug-likeness (QED) is 0.521. The number of nitrogens with one attached hydrogen (secondary N) is 1. The zero-order valence-corrected chi connectivity index (χ0v) is 11.1. The number of rotatable bonds is 5. The van der Waals surface area contributed by atoms with Gasteiger partial charge < -0.3 is 4.74 Å². The van der Waals surface area contributed by atoms with E-state index in [4.69, 9.17) is 4.74 Å². The monoisotopic (exact) mass is 289 g/mol. The van der Waals surface area contributed by atoms with Gasteiger partial charge in [0.25, 0.3) is 0 Å². The SMILES string of the molecule is COc1ccc(/C=N/Nc2ccc(F)cc2)cc1[N+](=O)[O-]. The number of benzene rings is 2. The summed E-state index contributed by atoms with van der Waals surface area (Å²) < 4.78 is 17.6. The van der Waals surface area contributed by atoms with E-state index < -0.39 is 4.92 Å². The highest BCUT2D eigenvalue weighted by molar-refractivity contribution is 5.82. The molecule has 0 saturated heterocycles. The van der Waals surface area contributed by atoms with Crippen LogP contribution in [-0.4, -0.2) is 18.2 Å². The predicted molar refractivity (Wildman–Crippen MR) is 77.3 cm³/mol. The van der Waals surface area contributed by atoms with E-state index in [1.807, 2.05) is 0 Å². The molecule has 0 spiro atoms. The summed E-state index contributed by atoms with van der Waals surface area (Å²) in [6, 6.07) is 10.2. The molecule has 2 rings (SSSR count). The van der Waals surface area contributed by atoms with Crippen LogP contribution in [0.4, 0.5) is 15.8 Å². The lowest BCUT2D eigenvalue weighted by molar-refractivity contribution is -0.385. The van der Waals surface area contributed by atoms with Crippen molar-refractivity contribution < 1.29 is 14.1 Å². The van der Waals surface area contributed by atoms with Crippen LogP contribution in [0.25, 0.3) is 0 Å². The molecule has 2 aromatic rings. The molecule has 0 unspecified atom stereocenters. The number of halogens is 1. The van der Waals surface area contributed by atoms with Gasteiger partial charge in [-0.15, -0.1) is 0 Å². The number of hydrogen-bond donors (Lipinski definition) is 1. The maximum absolute atomic E-state index is 12.7. The Labute approximate surface area is 120 Å². The minimum Gasteiger partial charge on any atom is -0.490 e. The molecule has 0 bridgehead atoms. The van der Waals surface area contributed by atoms with Gasteiger partial charge in [-0.3, -0.25) is 15.5 Å². The van der Waals surface area contributed by atoms with Crippen LogP contribution < -0.4 is 10.2 Å². The van der Waals surface area contributed by atoms with Gasteiger partial charge >= 0.3 is 5.69 Å². The van der Waals surface area contributed by atoms with Gasteiger partial charge in [0.15, 0.2) is 5.75 Å². The van der Waals surface area contributed by atoms with E-state index in [2.05, 4.69) is 10.5 Å². The summed E-state index contributed by atoms with van der Waals surface area (Å²) in [5, 5.41) is 14.8. The fraction of sp³-hybridized carbons (Fsp3) is 0.0714. The summed E-state index contributed by atoms with van der Waals surface area (Å²) in [6.07, 6.45) is 1.43. The summed E-state index contributed by atoms with van der Waals surface area (Å²) in [7, 11) is 1.37. The number of nitro groups is 1. The Hall–Kier alpha value is -2.96. The van der Waals surface area contributed by atoms with E-state index in [-0.39, 0.29) is 17.3 Å². The van der Waals surface area contributed by atoms with E-state index >= 15 is 0 Å². The molecule has 0 saturated carbocycles. The molecule has 2 aromatic carbocycles. The molecular weight excluding hydrogens is 277 g/mol. The first-order chi connectivity index (χ1) is 10.1. The van der Waals surface area contributed by atoms with Gasteiger partial charge in [-0.1, -0.05) is 0 Å². The van der Waals surface area contributed by atoms with Gasteiger partial charge in [-0.05, 0) is 36.4 Å². The average molecular weight is 289 g/mol. The predicted octanol–water partition coefficient (Wildman–Crippen LogP) is 3.19. The third-order valence-corrected chi connectivity index (χ3v) is 2.65. The lowest BCUT2D eigenvalue weighted by atomic mass is 10.2. The van der Waals surface area contributed by atoms with Crippen molar-refractivity contribution in [1.29, 1.82) is 0 Å². The summed E-state index contributed by atoms with van der Waals surface area (Å²) in [6.45, 7) is 0. The van der Waals surface area contributed by atoms with Crippen molar-refractivity contribution in [2.24, 2.45) is 5.10 Å². The van der Waals surface area contributed by atoms with E-state index in [1.54, 1.807) is 6.07 Å². The Morgan fingerprint density at radius 3 is 2.62 bits per heavy atom. The average Bonchev–Trinajstić information content (AvgIpc) is 2.49. The van der Waals surface area contributed by atoms with E-state index in [0.29, 0.717) is 11.3 Å². The zero-order chi connectivity index (χ0) is 15.2. The van der Waals surface area contributed by atoms with Gasteiger partial charge in [-0.25, -0.2) is 4.39 Å². The van der Waals surface area contributed by atoms with Crippen LogP contribution in [0.3, 0.4) is 0 Å². The second kappa shape index (κ2) is 6.47. The second-order valence-electron chi connectivity index (χ2n) is 4.07. The van der Waals surface area contributed by atoms with Crippen LogP contribution in [0.15, 0.2) is 47.6 Å². The fourth-order valence-electron chi connectivity index (χ4n) is 1.64. The molecule has 0 heterocycles. The Bertz CT molecular complexity index is 672. The molecule has 0 atom stereocenters. The van der Waals surface area contributed by atoms with E-state index in [0.717, 1.165) is 0 Å². The first-order valence-corrected chi connectivity index (χ1v) is 5.97. The summed E-state index contributed by atoms with van der Waals surface area (Å²) in [4.78, 5) is 10.4. The lowest BCUT2D eigenvalue weighted by Crippen LogP contribution is -1.96. The third kappa shape index (κ3) is 3.75. The van der Waals surface area contributed by atoms with E-state index in [1.165, 1.54) is 49.7 Å². The number of ether oxygens (including phenoxy) is 1. The molecule has 108 valence electrons. The zero-order valence-electron chi connectivity index (χ0n) is 11.1. The Kier molecular flexibility index (Phi) is 4.45. The van der Waals surface area contributed by atoms with Crippen molar-refractivity contribution in [1.82, 2.24) is 0 Å². The van der Waals surface area contributed by atoms with Crippen molar-refractivity contribution in [2.45, 2.75) is 0 Å². The third-order valence-electron chi connectivity index (χ3n) is 2.65. The molecule has 0 aromatic heterocycles. The molecule has 0 fully saturated rings. The molecule has 6 nitrogen and oxygen atoms in total. The highest BCUT2D eigenvalue weighted by Crippen LogP contribution is 2.26. The second-order valence-corrected chi connectivity index (χ2v) is 4.07. The topological polar surface area (TPSA) is 76.8 Å². The van der Waals surface area contributed by atoms with Crippen molar-refractivity contribution in [3.05, 3.63) is 64.0 Å². The first kappa shape index (κ1) is 14.4. The fourth-order valence-corrected chi connectivity index (χ4v) is 1.64. The molecular formula is C14H12FN3O3. The van der Waals surface area contributed by atoms with Gasteiger partial charge in [0.1, 0.15) is 5.82 Å². The summed E-state index contributed by atoms with van der Waals surface area (Å²) >= 11 is 0. The Morgan fingerprint density at radius 1 is 1.29 bits per heavy atom. The maximum atomic E-state index is 12.7. The minimum atomic E-state index is -0.524. The number of nitro benzene ring substituents is 1. The number of hydrogen-bond acceptors (Lipinski definition) is 5. The van der Waals surface area contributed by atoms with Gasteiger partial charge in [0.2, 0.25) is 0 Å². The molecule has 7 heteroatoms. The minimum absolute atomic E-state index is 0.136. The van der Waals surface area contributed by atoms with Crippen LogP contribution in [0.2, 0.25) is 0 Å². The van der Waals surface area contributed by atoms with Crippen LogP contribution in [0.5, 0.6) is 5.75 Å². The van der Waals surface area contributed by atoms with Gasteiger partial charge in [-0.2, -0.15) is 5.10 Å². The molecule has 0 aliphatic carbocycles. The number of methoxy groups -OCH3 is 1. The van der Waals surface area contributed by atoms with E-state index in [9.17, 15) is 14.5 Å². The van der Waals surface area contributed by atoms with Gasteiger partial charge in [0, 0.05) is 11.6 Å². The molecule has 21 heavy (non-hydrogen) atoms. The highest BCUT2D eigenvalue weighted by atomic mass is 19.1. The smallest absolute Gasteiger partial charge is 0.311 e. The lowest BCUT2D eigenvalue weighted by Gasteiger charge is -2.02. The first-order valence-electron chi connectivity index (χ1n) is 5.97. The summed E-state index contributed by atoms with van der Waals surface area (Å²) in [5.41, 5.74) is 3.71. The maximum Gasteiger partial charge on any atom is 0.311 e.